The fourth-order valence-corrected chi connectivity index (χ4v) is 5.31. The summed E-state index contributed by atoms with van der Waals surface area (Å²) in [6.07, 6.45) is 1.47. The molecule has 0 saturated carbocycles. The Morgan fingerprint density at radius 3 is 2.39 bits per heavy atom. The molecule has 1 aliphatic heterocycles. The first kappa shape index (κ1) is 23.2. The minimum Gasteiger partial charge on any atom is -0.495 e. The molecule has 0 aliphatic carbocycles. The quantitative estimate of drug-likeness (QED) is 0.627. The smallest absolute Gasteiger partial charge is 0.246 e. The molecule has 31 heavy (non-hydrogen) atoms. The van der Waals surface area contributed by atoms with Crippen LogP contribution in [0.4, 0.5) is 11.4 Å². The monoisotopic (exact) mass is 465 g/mol. The van der Waals surface area contributed by atoms with E-state index in [1.807, 2.05) is 31.2 Å². The normalized spacial score (nSPS) is 15.5. The van der Waals surface area contributed by atoms with Gasteiger partial charge >= 0.3 is 0 Å². The Morgan fingerprint density at radius 2 is 1.81 bits per heavy atom. The first-order chi connectivity index (χ1) is 14.8. The molecule has 168 valence electrons. The van der Waals surface area contributed by atoms with Crippen molar-refractivity contribution in [3.8, 4) is 5.75 Å². The standard InChI is InChI=1S/C22H28ClN3O4S/c1-4-19(26(31(3,28)29)18-9-7-8-17(23)16-18)22(27)25-14-12-24(13-15-25)20-10-5-6-11-21(20)30-2/h5-11,16,19H,4,12-15H2,1-3H3/t19-/m0/s1. The molecule has 1 amide bonds. The average Bonchev–Trinajstić information content (AvgIpc) is 2.76. The molecule has 0 radical (unpaired) electrons. The van der Waals surface area contributed by atoms with Crippen molar-refractivity contribution in [2.75, 3.05) is 48.7 Å². The number of hydrogen-bond donors (Lipinski definition) is 0. The van der Waals surface area contributed by atoms with Crippen LogP contribution in [0.2, 0.25) is 5.02 Å². The number of hydrogen-bond acceptors (Lipinski definition) is 5. The highest BCUT2D eigenvalue weighted by molar-refractivity contribution is 7.92. The summed E-state index contributed by atoms with van der Waals surface area (Å²) in [6.45, 7) is 4.09. The van der Waals surface area contributed by atoms with Crippen molar-refractivity contribution in [1.82, 2.24) is 4.90 Å². The molecule has 1 saturated heterocycles. The van der Waals surface area contributed by atoms with Gasteiger partial charge in [-0.15, -0.1) is 0 Å². The molecular weight excluding hydrogens is 438 g/mol. The van der Waals surface area contributed by atoms with Crippen molar-refractivity contribution in [2.45, 2.75) is 19.4 Å². The van der Waals surface area contributed by atoms with E-state index >= 15 is 0 Å². The van der Waals surface area contributed by atoms with E-state index in [0.717, 1.165) is 17.7 Å². The summed E-state index contributed by atoms with van der Waals surface area (Å²) in [5.74, 6) is 0.588. The number of ether oxygens (including phenoxy) is 1. The maximum Gasteiger partial charge on any atom is 0.246 e. The maximum atomic E-state index is 13.4. The molecule has 1 heterocycles. The van der Waals surface area contributed by atoms with Crippen molar-refractivity contribution in [3.05, 3.63) is 53.6 Å². The zero-order chi connectivity index (χ0) is 22.6. The fraction of sp³-hybridized carbons (Fsp3) is 0.409. The molecule has 0 bridgehead atoms. The molecule has 0 aromatic heterocycles. The predicted molar refractivity (Wildman–Crippen MR) is 125 cm³/mol. The SMILES string of the molecule is CC[C@@H](C(=O)N1CCN(c2ccccc2OC)CC1)N(c1cccc(Cl)c1)S(C)(=O)=O. The third-order valence-corrected chi connectivity index (χ3v) is 6.81. The van der Waals surface area contributed by atoms with Crippen LogP contribution in [-0.4, -0.2) is 64.8 Å². The second-order valence-electron chi connectivity index (χ2n) is 7.45. The van der Waals surface area contributed by atoms with E-state index in [0.29, 0.717) is 43.3 Å². The Hall–Kier alpha value is -2.45. The molecule has 3 rings (SSSR count). The average molecular weight is 466 g/mol. The summed E-state index contributed by atoms with van der Waals surface area (Å²) in [7, 11) is -2.05. The van der Waals surface area contributed by atoms with Gasteiger partial charge in [-0.05, 0) is 36.8 Å². The largest absolute Gasteiger partial charge is 0.495 e. The molecule has 0 unspecified atom stereocenters. The van der Waals surface area contributed by atoms with Gasteiger partial charge in [-0.1, -0.05) is 36.7 Å². The topological polar surface area (TPSA) is 70.2 Å². The lowest BCUT2D eigenvalue weighted by Gasteiger charge is -2.39. The van der Waals surface area contributed by atoms with Gasteiger partial charge in [0.2, 0.25) is 15.9 Å². The van der Waals surface area contributed by atoms with E-state index in [4.69, 9.17) is 16.3 Å². The van der Waals surface area contributed by atoms with E-state index in [2.05, 4.69) is 4.90 Å². The number of para-hydroxylation sites is 2. The highest BCUT2D eigenvalue weighted by Crippen LogP contribution is 2.29. The molecular formula is C22H28ClN3O4S. The van der Waals surface area contributed by atoms with Crippen LogP contribution in [0.5, 0.6) is 5.75 Å². The molecule has 2 aromatic carbocycles. The van der Waals surface area contributed by atoms with Crippen molar-refractivity contribution >= 4 is 38.9 Å². The van der Waals surface area contributed by atoms with Crippen LogP contribution in [0, 0.1) is 0 Å². The molecule has 2 aromatic rings. The number of amides is 1. The van der Waals surface area contributed by atoms with Crippen LogP contribution in [0.1, 0.15) is 13.3 Å². The van der Waals surface area contributed by atoms with E-state index < -0.39 is 16.1 Å². The number of piperazine rings is 1. The van der Waals surface area contributed by atoms with Gasteiger partial charge in [-0.25, -0.2) is 8.42 Å². The number of nitrogens with zero attached hydrogens (tertiary/aromatic N) is 3. The van der Waals surface area contributed by atoms with Gasteiger partial charge in [-0.2, -0.15) is 0 Å². The Labute approximate surface area is 189 Å². The summed E-state index contributed by atoms with van der Waals surface area (Å²) in [5, 5.41) is 0.416. The summed E-state index contributed by atoms with van der Waals surface area (Å²) >= 11 is 6.08. The third kappa shape index (κ3) is 5.25. The minimum atomic E-state index is -3.69. The molecule has 0 N–H and O–H groups in total. The van der Waals surface area contributed by atoms with E-state index in [-0.39, 0.29) is 5.91 Å². The zero-order valence-corrected chi connectivity index (χ0v) is 19.6. The van der Waals surface area contributed by atoms with Gasteiger partial charge in [0.05, 0.1) is 24.7 Å². The number of sulfonamides is 1. The van der Waals surface area contributed by atoms with Gasteiger partial charge in [-0.3, -0.25) is 9.10 Å². The van der Waals surface area contributed by atoms with Crippen LogP contribution in [-0.2, 0) is 14.8 Å². The van der Waals surface area contributed by atoms with Crippen LogP contribution in [0.15, 0.2) is 48.5 Å². The van der Waals surface area contributed by atoms with Crippen molar-refractivity contribution in [1.29, 1.82) is 0 Å². The lowest BCUT2D eigenvalue weighted by molar-refractivity contribution is -0.132. The van der Waals surface area contributed by atoms with Gasteiger partial charge in [0.1, 0.15) is 11.8 Å². The first-order valence-electron chi connectivity index (χ1n) is 10.2. The predicted octanol–water partition coefficient (Wildman–Crippen LogP) is 3.24. The number of methoxy groups -OCH3 is 1. The summed E-state index contributed by atoms with van der Waals surface area (Å²) in [6, 6.07) is 13.5. The molecule has 0 spiro atoms. The second-order valence-corrected chi connectivity index (χ2v) is 9.74. The van der Waals surface area contributed by atoms with E-state index in [1.165, 1.54) is 4.31 Å². The summed E-state index contributed by atoms with van der Waals surface area (Å²) in [4.78, 5) is 17.3. The van der Waals surface area contributed by atoms with Crippen LogP contribution < -0.4 is 13.9 Å². The van der Waals surface area contributed by atoms with Crippen LogP contribution >= 0.6 is 11.6 Å². The van der Waals surface area contributed by atoms with Crippen molar-refractivity contribution in [3.63, 3.8) is 0 Å². The number of rotatable bonds is 7. The molecule has 7 nitrogen and oxygen atoms in total. The summed E-state index contributed by atoms with van der Waals surface area (Å²) in [5.41, 5.74) is 1.38. The number of anilines is 2. The number of carbonyl (C=O) groups excluding carboxylic acids is 1. The van der Waals surface area contributed by atoms with Gasteiger partial charge in [0.25, 0.3) is 0 Å². The van der Waals surface area contributed by atoms with Gasteiger partial charge in [0.15, 0.2) is 0 Å². The molecule has 9 heteroatoms. The highest BCUT2D eigenvalue weighted by Gasteiger charge is 2.35. The van der Waals surface area contributed by atoms with Crippen molar-refractivity contribution < 1.29 is 17.9 Å². The fourth-order valence-electron chi connectivity index (χ4n) is 3.93. The molecule has 1 atom stereocenters. The third-order valence-electron chi connectivity index (χ3n) is 5.39. The minimum absolute atomic E-state index is 0.201. The van der Waals surface area contributed by atoms with Crippen LogP contribution in [0.3, 0.4) is 0 Å². The van der Waals surface area contributed by atoms with E-state index in [9.17, 15) is 13.2 Å². The molecule has 1 fully saturated rings. The van der Waals surface area contributed by atoms with Crippen LogP contribution in [0.25, 0.3) is 0 Å². The maximum absolute atomic E-state index is 13.4. The molecule has 1 aliphatic rings. The van der Waals surface area contributed by atoms with Gasteiger partial charge < -0.3 is 14.5 Å². The lowest BCUT2D eigenvalue weighted by Crippen LogP contribution is -2.56. The van der Waals surface area contributed by atoms with Crippen molar-refractivity contribution in [2.24, 2.45) is 0 Å². The number of carbonyl (C=O) groups is 1. The second kappa shape index (κ2) is 9.78. The number of benzene rings is 2. The van der Waals surface area contributed by atoms with E-state index in [1.54, 1.807) is 36.3 Å². The highest BCUT2D eigenvalue weighted by atomic mass is 35.5. The first-order valence-corrected chi connectivity index (χ1v) is 12.4. The summed E-state index contributed by atoms with van der Waals surface area (Å²) < 4.78 is 31.9. The Morgan fingerprint density at radius 1 is 1.13 bits per heavy atom. The number of halogens is 1. The zero-order valence-electron chi connectivity index (χ0n) is 18.0. The Bertz CT molecular complexity index is 1020. The van der Waals surface area contributed by atoms with Gasteiger partial charge in [0, 0.05) is 31.2 Å². The Kier molecular flexibility index (Phi) is 7.33. The lowest BCUT2D eigenvalue weighted by atomic mass is 10.1. The Balaban J connectivity index is 1.79.